The number of aryl methyl sites for hydroxylation is 1. The lowest BCUT2D eigenvalue weighted by Gasteiger charge is -2.24. The molecule has 0 aromatic heterocycles. The van der Waals surface area contributed by atoms with Crippen molar-refractivity contribution in [2.24, 2.45) is 0 Å². The van der Waals surface area contributed by atoms with E-state index < -0.39 is 11.7 Å². The van der Waals surface area contributed by atoms with Gasteiger partial charge in [0, 0.05) is 0 Å². The predicted octanol–water partition coefficient (Wildman–Crippen LogP) is 3.48. The first-order valence-electron chi connectivity index (χ1n) is 5.86. The van der Waals surface area contributed by atoms with Gasteiger partial charge in [-0.3, -0.25) is 0 Å². The molecule has 1 N–H and O–H groups in total. The minimum Gasteiger partial charge on any atom is -0.317 e. The van der Waals surface area contributed by atoms with Gasteiger partial charge < -0.3 is 5.32 Å². The molecule has 1 aromatic rings. The molecule has 94 valence electrons. The molecule has 1 nitrogen and oxygen atoms in total. The molecule has 0 spiro atoms. The fraction of sp³-hybridized carbons (Fsp3) is 0.538. The van der Waals surface area contributed by atoms with Gasteiger partial charge in [-0.25, -0.2) is 0 Å². The highest BCUT2D eigenvalue weighted by molar-refractivity contribution is 5.33. The van der Waals surface area contributed by atoms with E-state index in [4.69, 9.17) is 0 Å². The fourth-order valence-electron chi connectivity index (χ4n) is 2.37. The van der Waals surface area contributed by atoms with E-state index >= 15 is 0 Å². The summed E-state index contributed by atoms with van der Waals surface area (Å²) in [6.07, 6.45) is -2.41. The summed E-state index contributed by atoms with van der Waals surface area (Å²) >= 11 is 0. The Labute approximate surface area is 99.0 Å². The second-order valence-electron chi connectivity index (χ2n) is 4.65. The van der Waals surface area contributed by atoms with Crippen LogP contribution in [0.3, 0.4) is 0 Å². The summed E-state index contributed by atoms with van der Waals surface area (Å²) in [5, 5.41) is 3.22. The number of rotatable bonds is 1. The zero-order chi connectivity index (χ0) is 12.5. The van der Waals surface area contributed by atoms with Gasteiger partial charge in [-0.1, -0.05) is 11.6 Å². The van der Waals surface area contributed by atoms with Crippen LogP contribution in [0.2, 0.25) is 0 Å². The third-order valence-electron chi connectivity index (χ3n) is 3.24. The van der Waals surface area contributed by atoms with Gasteiger partial charge in [0.25, 0.3) is 0 Å². The number of hydrogen-bond acceptors (Lipinski definition) is 1. The zero-order valence-electron chi connectivity index (χ0n) is 9.77. The molecule has 0 radical (unpaired) electrons. The molecule has 4 heteroatoms. The van der Waals surface area contributed by atoms with Gasteiger partial charge in [0.15, 0.2) is 0 Å². The van der Waals surface area contributed by atoms with Crippen LogP contribution in [0.1, 0.15) is 35.4 Å². The van der Waals surface area contributed by atoms with Crippen LogP contribution in [-0.2, 0) is 6.18 Å². The highest BCUT2D eigenvalue weighted by Crippen LogP contribution is 2.34. The van der Waals surface area contributed by atoms with Crippen LogP contribution >= 0.6 is 0 Å². The maximum atomic E-state index is 12.7. The summed E-state index contributed by atoms with van der Waals surface area (Å²) in [6, 6.07) is 4.40. The minimum atomic E-state index is -4.24. The molecule has 1 heterocycles. The molecule has 17 heavy (non-hydrogen) atoms. The molecule has 0 unspecified atom stereocenters. The van der Waals surface area contributed by atoms with Crippen LogP contribution in [0.25, 0.3) is 0 Å². The van der Waals surface area contributed by atoms with Crippen LogP contribution in [-0.4, -0.2) is 13.1 Å². The standard InChI is InChI=1S/C13H16F3N/c1-9-6-11(10-2-4-17-5-3-10)8-12(7-9)13(14,15)16/h6-8,10,17H,2-5H2,1H3. The summed E-state index contributed by atoms with van der Waals surface area (Å²) in [7, 11) is 0. The number of piperidine rings is 1. The molecular weight excluding hydrogens is 227 g/mol. The van der Waals surface area contributed by atoms with Crippen molar-refractivity contribution in [3.05, 3.63) is 34.9 Å². The van der Waals surface area contributed by atoms with Crippen LogP contribution in [0.5, 0.6) is 0 Å². The molecule has 0 atom stereocenters. The monoisotopic (exact) mass is 243 g/mol. The van der Waals surface area contributed by atoms with E-state index in [0.717, 1.165) is 31.5 Å². The first-order chi connectivity index (χ1) is 7.97. The largest absolute Gasteiger partial charge is 0.416 e. The van der Waals surface area contributed by atoms with E-state index in [1.54, 1.807) is 6.92 Å². The molecule has 1 aromatic carbocycles. The molecule has 1 aliphatic rings. The Morgan fingerprint density at radius 3 is 2.35 bits per heavy atom. The first-order valence-corrected chi connectivity index (χ1v) is 5.86. The third-order valence-corrected chi connectivity index (χ3v) is 3.24. The highest BCUT2D eigenvalue weighted by Gasteiger charge is 2.31. The summed E-state index contributed by atoms with van der Waals surface area (Å²) in [4.78, 5) is 0. The first kappa shape index (κ1) is 12.4. The van der Waals surface area contributed by atoms with Crippen molar-refractivity contribution in [1.82, 2.24) is 5.32 Å². The number of halogens is 3. The molecule has 1 saturated heterocycles. The molecule has 0 amide bonds. The average Bonchev–Trinajstić information content (AvgIpc) is 2.28. The summed E-state index contributed by atoms with van der Waals surface area (Å²) in [5.41, 5.74) is 0.998. The maximum absolute atomic E-state index is 12.7. The van der Waals surface area contributed by atoms with Crippen molar-refractivity contribution >= 4 is 0 Å². The van der Waals surface area contributed by atoms with Gasteiger partial charge in [0.1, 0.15) is 0 Å². The van der Waals surface area contributed by atoms with E-state index in [0.29, 0.717) is 5.56 Å². The Morgan fingerprint density at radius 1 is 1.12 bits per heavy atom. The summed E-state index contributed by atoms with van der Waals surface area (Å²) in [5.74, 6) is 0.261. The second-order valence-corrected chi connectivity index (χ2v) is 4.65. The Bertz CT molecular complexity index is 392. The maximum Gasteiger partial charge on any atom is 0.416 e. The van der Waals surface area contributed by atoms with E-state index in [-0.39, 0.29) is 5.92 Å². The Kier molecular flexibility index (Phi) is 3.43. The van der Waals surface area contributed by atoms with Crippen molar-refractivity contribution in [2.75, 3.05) is 13.1 Å². The van der Waals surface area contributed by atoms with Gasteiger partial charge in [-0.15, -0.1) is 0 Å². The van der Waals surface area contributed by atoms with Crippen molar-refractivity contribution in [3.8, 4) is 0 Å². The van der Waals surface area contributed by atoms with Crippen LogP contribution in [0, 0.1) is 6.92 Å². The fourth-order valence-corrected chi connectivity index (χ4v) is 2.37. The lowest BCUT2D eigenvalue weighted by Crippen LogP contribution is -2.26. The van der Waals surface area contributed by atoms with E-state index in [9.17, 15) is 13.2 Å². The second kappa shape index (κ2) is 4.69. The van der Waals surface area contributed by atoms with Gasteiger partial charge in [0.2, 0.25) is 0 Å². The molecule has 0 aliphatic carbocycles. The van der Waals surface area contributed by atoms with E-state index in [2.05, 4.69) is 5.32 Å². The van der Waals surface area contributed by atoms with Crippen molar-refractivity contribution in [3.63, 3.8) is 0 Å². The van der Waals surface area contributed by atoms with Crippen LogP contribution in [0.15, 0.2) is 18.2 Å². The van der Waals surface area contributed by atoms with Gasteiger partial charge in [0.05, 0.1) is 5.56 Å². The number of benzene rings is 1. The lowest BCUT2D eigenvalue weighted by molar-refractivity contribution is -0.137. The molecule has 0 saturated carbocycles. The van der Waals surface area contributed by atoms with E-state index in [1.807, 2.05) is 6.07 Å². The van der Waals surface area contributed by atoms with Crippen molar-refractivity contribution < 1.29 is 13.2 Å². The number of hydrogen-bond donors (Lipinski definition) is 1. The Balaban J connectivity index is 2.31. The van der Waals surface area contributed by atoms with Crippen LogP contribution < -0.4 is 5.32 Å². The Morgan fingerprint density at radius 2 is 1.76 bits per heavy atom. The normalized spacial score (nSPS) is 18.4. The van der Waals surface area contributed by atoms with Gasteiger partial charge >= 0.3 is 6.18 Å². The third kappa shape index (κ3) is 3.00. The van der Waals surface area contributed by atoms with Crippen LogP contribution in [0.4, 0.5) is 13.2 Å². The Hall–Kier alpha value is -1.03. The van der Waals surface area contributed by atoms with Gasteiger partial charge in [-0.2, -0.15) is 13.2 Å². The topological polar surface area (TPSA) is 12.0 Å². The smallest absolute Gasteiger partial charge is 0.317 e. The summed E-state index contributed by atoms with van der Waals surface area (Å²) < 4.78 is 38.1. The molecule has 0 bridgehead atoms. The summed E-state index contributed by atoms with van der Waals surface area (Å²) in [6.45, 7) is 3.50. The molecule has 2 rings (SSSR count). The SMILES string of the molecule is Cc1cc(C2CCNCC2)cc(C(F)(F)F)c1. The highest BCUT2D eigenvalue weighted by atomic mass is 19.4. The number of nitrogens with one attached hydrogen (secondary N) is 1. The quantitative estimate of drug-likeness (QED) is 0.796. The van der Waals surface area contributed by atoms with Gasteiger partial charge in [-0.05, 0) is 56.5 Å². The molecule has 1 aliphatic heterocycles. The predicted molar refractivity (Wildman–Crippen MR) is 61.0 cm³/mol. The van der Waals surface area contributed by atoms with Crippen molar-refractivity contribution in [1.29, 1.82) is 0 Å². The number of alkyl halides is 3. The van der Waals surface area contributed by atoms with E-state index in [1.165, 1.54) is 12.1 Å². The molecular formula is C13H16F3N. The lowest BCUT2D eigenvalue weighted by atomic mass is 9.88. The van der Waals surface area contributed by atoms with Crippen molar-refractivity contribution in [2.45, 2.75) is 31.9 Å². The average molecular weight is 243 g/mol. The zero-order valence-corrected chi connectivity index (χ0v) is 9.77. The minimum absolute atomic E-state index is 0.261. The molecule has 1 fully saturated rings.